The van der Waals surface area contributed by atoms with Crippen LogP contribution in [0.25, 0.3) is 11.7 Å². The molecule has 0 radical (unpaired) electrons. The van der Waals surface area contributed by atoms with Crippen molar-refractivity contribution in [3.05, 3.63) is 30.1 Å². The van der Waals surface area contributed by atoms with Gasteiger partial charge < -0.3 is 9.80 Å². The van der Waals surface area contributed by atoms with E-state index < -0.39 is 0 Å². The topological polar surface area (TPSA) is 36.7 Å². The van der Waals surface area contributed by atoms with Gasteiger partial charge in [0.05, 0.1) is 6.20 Å². The van der Waals surface area contributed by atoms with E-state index in [1.807, 2.05) is 16.9 Å². The fourth-order valence-electron chi connectivity index (χ4n) is 2.82. The van der Waals surface area contributed by atoms with E-state index in [4.69, 9.17) is 0 Å². The summed E-state index contributed by atoms with van der Waals surface area (Å²) < 4.78 is 1.98. The molecule has 0 amide bonds. The summed E-state index contributed by atoms with van der Waals surface area (Å²) in [6.45, 7) is 6.48. The van der Waals surface area contributed by atoms with Crippen molar-refractivity contribution in [3.8, 4) is 0 Å². The molecule has 5 heteroatoms. The van der Waals surface area contributed by atoms with Crippen LogP contribution in [0.2, 0.25) is 0 Å². The van der Waals surface area contributed by atoms with Gasteiger partial charge in [-0.05, 0) is 19.5 Å². The molecule has 2 aromatic heterocycles. The number of likely N-dealkylation sites (N-methyl/N-ethyl adjacent to an activating group) is 1. The third-order valence-electron chi connectivity index (χ3n) is 4.26. The van der Waals surface area contributed by atoms with Crippen LogP contribution < -0.4 is 4.90 Å². The average Bonchev–Trinajstić information content (AvgIpc) is 2.96. The minimum atomic E-state index is 0.948. The smallest absolute Gasteiger partial charge is 0.164 e. The summed E-state index contributed by atoms with van der Waals surface area (Å²) in [6, 6.07) is 2.07. The highest BCUT2D eigenvalue weighted by molar-refractivity contribution is 5.66. The van der Waals surface area contributed by atoms with Crippen LogP contribution in [0, 0.1) is 0 Å². The van der Waals surface area contributed by atoms with E-state index >= 15 is 0 Å². The van der Waals surface area contributed by atoms with Crippen molar-refractivity contribution in [3.63, 3.8) is 0 Å². The minimum absolute atomic E-state index is 0.948. The van der Waals surface area contributed by atoms with E-state index in [1.54, 1.807) is 0 Å². The van der Waals surface area contributed by atoms with Crippen molar-refractivity contribution in [2.45, 2.75) is 26.2 Å². The first-order valence-electron chi connectivity index (χ1n) is 8.22. The Bertz CT molecular complexity index is 638. The van der Waals surface area contributed by atoms with Crippen LogP contribution in [0.4, 0.5) is 5.82 Å². The zero-order chi connectivity index (χ0) is 15.4. The molecule has 0 saturated carbocycles. The zero-order valence-corrected chi connectivity index (χ0v) is 13.6. The van der Waals surface area contributed by atoms with E-state index in [0.29, 0.717) is 0 Å². The van der Waals surface area contributed by atoms with Gasteiger partial charge in [0, 0.05) is 37.9 Å². The molecule has 1 aliphatic heterocycles. The summed E-state index contributed by atoms with van der Waals surface area (Å²) >= 11 is 0. The Hall–Kier alpha value is -1.88. The molecule has 1 saturated heterocycles. The molecule has 3 heterocycles. The largest absolute Gasteiger partial charge is 0.354 e. The molecule has 0 atom stereocenters. The van der Waals surface area contributed by atoms with E-state index in [9.17, 15) is 0 Å². The molecule has 0 spiro atoms. The molecule has 5 nitrogen and oxygen atoms in total. The van der Waals surface area contributed by atoms with Gasteiger partial charge in [-0.1, -0.05) is 31.9 Å². The molecule has 22 heavy (non-hydrogen) atoms. The number of piperazine rings is 1. The van der Waals surface area contributed by atoms with Gasteiger partial charge in [-0.25, -0.2) is 4.98 Å². The Morgan fingerprint density at radius 2 is 2.05 bits per heavy atom. The van der Waals surface area contributed by atoms with E-state index in [1.165, 1.54) is 12.8 Å². The zero-order valence-electron chi connectivity index (χ0n) is 13.6. The lowest BCUT2D eigenvalue weighted by Gasteiger charge is -2.33. The average molecular weight is 299 g/mol. The predicted octanol–water partition coefficient (Wildman–Crippen LogP) is 2.68. The molecule has 2 aromatic rings. The molecule has 118 valence electrons. The van der Waals surface area contributed by atoms with Crippen molar-refractivity contribution in [1.29, 1.82) is 0 Å². The Balaban J connectivity index is 1.84. The first kappa shape index (κ1) is 15.0. The highest BCUT2D eigenvalue weighted by Gasteiger charge is 2.17. The Kier molecular flexibility index (Phi) is 4.73. The van der Waals surface area contributed by atoms with Crippen molar-refractivity contribution in [1.82, 2.24) is 19.5 Å². The Morgan fingerprint density at radius 1 is 1.23 bits per heavy atom. The van der Waals surface area contributed by atoms with E-state index in [0.717, 1.165) is 49.6 Å². The third kappa shape index (κ3) is 3.14. The maximum absolute atomic E-state index is 4.56. The summed E-state index contributed by atoms with van der Waals surface area (Å²) in [5, 5.41) is 4.56. The summed E-state index contributed by atoms with van der Waals surface area (Å²) in [5.74, 6) is 1.14. The van der Waals surface area contributed by atoms with Gasteiger partial charge in [0.2, 0.25) is 0 Å². The minimum Gasteiger partial charge on any atom is -0.354 e. The Labute approximate surface area is 132 Å². The molecule has 0 aliphatic carbocycles. The first-order valence-corrected chi connectivity index (χ1v) is 8.22. The number of hydrogen-bond acceptors (Lipinski definition) is 4. The highest BCUT2D eigenvalue weighted by atomic mass is 15.4. The van der Waals surface area contributed by atoms with Gasteiger partial charge in [-0.2, -0.15) is 9.61 Å². The lowest BCUT2D eigenvalue weighted by molar-refractivity contribution is 0.311. The van der Waals surface area contributed by atoms with Crippen LogP contribution in [0.3, 0.4) is 0 Å². The van der Waals surface area contributed by atoms with Crippen LogP contribution >= 0.6 is 0 Å². The van der Waals surface area contributed by atoms with Crippen LogP contribution in [-0.2, 0) is 0 Å². The summed E-state index contributed by atoms with van der Waals surface area (Å²) in [4.78, 5) is 9.28. The number of hydrogen-bond donors (Lipinski definition) is 0. The van der Waals surface area contributed by atoms with Crippen LogP contribution in [0.15, 0.2) is 24.5 Å². The molecule has 0 aromatic carbocycles. The number of nitrogens with zero attached hydrogens (tertiary/aromatic N) is 5. The number of aromatic nitrogens is 3. The lowest BCUT2D eigenvalue weighted by atomic mass is 10.2. The second kappa shape index (κ2) is 6.92. The molecule has 1 fully saturated rings. The molecular weight excluding hydrogens is 274 g/mol. The quantitative estimate of drug-likeness (QED) is 0.795. The van der Waals surface area contributed by atoms with Crippen molar-refractivity contribution < 1.29 is 0 Å². The van der Waals surface area contributed by atoms with Crippen LogP contribution in [-0.4, -0.2) is 52.7 Å². The first-order chi connectivity index (χ1) is 10.8. The number of fused-ring (bicyclic) bond motifs is 1. The van der Waals surface area contributed by atoms with Gasteiger partial charge in [0.1, 0.15) is 5.82 Å². The van der Waals surface area contributed by atoms with Gasteiger partial charge in [0.15, 0.2) is 5.65 Å². The van der Waals surface area contributed by atoms with Crippen molar-refractivity contribution in [2.75, 3.05) is 38.1 Å². The second-order valence-electron chi connectivity index (χ2n) is 5.97. The van der Waals surface area contributed by atoms with Crippen molar-refractivity contribution >= 4 is 17.5 Å². The second-order valence-corrected chi connectivity index (χ2v) is 5.97. The van der Waals surface area contributed by atoms with Gasteiger partial charge >= 0.3 is 0 Å². The van der Waals surface area contributed by atoms with Crippen LogP contribution in [0.1, 0.15) is 31.7 Å². The van der Waals surface area contributed by atoms with Gasteiger partial charge in [-0.3, -0.25) is 0 Å². The number of anilines is 1. The SMILES string of the molecule is CCCC/C=C/c1cnn2c(N3CCN(C)CC3)ccnc12. The highest BCUT2D eigenvalue weighted by Crippen LogP contribution is 2.19. The lowest BCUT2D eigenvalue weighted by Crippen LogP contribution is -2.45. The Morgan fingerprint density at radius 3 is 2.82 bits per heavy atom. The van der Waals surface area contributed by atoms with Gasteiger partial charge in [-0.15, -0.1) is 0 Å². The summed E-state index contributed by atoms with van der Waals surface area (Å²) in [7, 11) is 2.17. The fraction of sp³-hybridized carbons (Fsp3) is 0.529. The molecule has 3 rings (SSSR count). The van der Waals surface area contributed by atoms with E-state index in [2.05, 4.69) is 52.1 Å². The van der Waals surface area contributed by atoms with Gasteiger partial charge in [0.25, 0.3) is 0 Å². The summed E-state index contributed by atoms with van der Waals surface area (Å²) in [5.41, 5.74) is 2.05. The standard InChI is InChI=1S/C17H25N5/c1-3-4-5-6-7-15-14-19-22-16(8-9-18-17(15)22)21-12-10-20(2)11-13-21/h6-9,14H,3-5,10-13H2,1-2H3/b7-6+. The maximum Gasteiger partial charge on any atom is 0.164 e. The normalized spacial score (nSPS) is 16.9. The molecule has 1 aliphatic rings. The number of rotatable bonds is 5. The summed E-state index contributed by atoms with van der Waals surface area (Å²) in [6.07, 6.45) is 11.8. The molecule has 0 unspecified atom stereocenters. The molecular formula is C17H25N5. The van der Waals surface area contributed by atoms with E-state index in [-0.39, 0.29) is 0 Å². The third-order valence-corrected chi connectivity index (χ3v) is 4.26. The maximum atomic E-state index is 4.56. The monoisotopic (exact) mass is 299 g/mol. The van der Waals surface area contributed by atoms with Crippen LogP contribution in [0.5, 0.6) is 0 Å². The van der Waals surface area contributed by atoms with Crippen molar-refractivity contribution in [2.24, 2.45) is 0 Å². The fourth-order valence-corrected chi connectivity index (χ4v) is 2.82. The molecule has 0 bridgehead atoms. The predicted molar refractivity (Wildman–Crippen MR) is 91.3 cm³/mol. The number of unbranched alkanes of at least 4 members (excludes halogenated alkanes) is 2. The molecule has 0 N–H and O–H groups in total. The number of allylic oxidation sites excluding steroid dienone is 1.